The van der Waals surface area contributed by atoms with Crippen molar-refractivity contribution in [2.45, 2.75) is 39.3 Å². The zero-order valence-corrected chi connectivity index (χ0v) is 10.8. The number of nitro benzene ring substituents is 1. The Labute approximate surface area is 106 Å². The Morgan fingerprint density at radius 1 is 1.50 bits per heavy atom. The van der Waals surface area contributed by atoms with Gasteiger partial charge in [0.15, 0.2) is 5.75 Å². The first-order valence-electron chi connectivity index (χ1n) is 6.19. The molecule has 0 radical (unpaired) electrons. The molecule has 0 bridgehead atoms. The van der Waals surface area contributed by atoms with Crippen LogP contribution in [0, 0.1) is 16.0 Å². The maximum absolute atomic E-state index is 11.2. The highest BCUT2D eigenvalue weighted by Gasteiger charge is 2.34. The van der Waals surface area contributed by atoms with Crippen LogP contribution in [0.5, 0.6) is 5.75 Å². The largest absolute Gasteiger partial charge is 0.484 e. The molecule has 98 valence electrons. The van der Waals surface area contributed by atoms with E-state index in [2.05, 4.69) is 12.2 Å². The summed E-state index contributed by atoms with van der Waals surface area (Å²) in [6, 6.07) is 5.49. The first kappa shape index (κ1) is 12.7. The Morgan fingerprint density at radius 3 is 2.67 bits per heavy atom. The molecule has 1 aromatic rings. The van der Waals surface area contributed by atoms with Gasteiger partial charge in [0.2, 0.25) is 0 Å². The second-order valence-electron chi connectivity index (χ2n) is 5.04. The van der Waals surface area contributed by atoms with E-state index in [1.165, 1.54) is 0 Å². The zero-order chi connectivity index (χ0) is 13.3. The highest BCUT2D eigenvalue weighted by Crippen LogP contribution is 2.40. The fourth-order valence-electron chi connectivity index (χ4n) is 1.90. The molecule has 2 atom stereocenters. The van der Waals surface area contributed by atoms with Crippen molar-refractivity contribution in [1.29, 1.82) is 0 Å². The van der Waals surface area contributed by atoms with Crippen molar-refractivity contribution in [2.24, 2.45) is 5.92 Å². The quantitative estimate of drug-likeness (QED) is 0.643. The Balaban J connectivity index is 2.29. The summed E-state index contributed by atoms with van der Waals surface area (Å²) in [6.07, 6.45) is 0.977. The second-order valence-corrected chi connectivity index (χ2v) is 5.04. The van der Waals surface area contributed by atoms with Crippen LogP contribution >= 0.6 is 0 Å². The molecule has 1 saturated carbocycles. The Bertz CT molecular complexity index is 460. The van der Waals surface area contributed by atoms with E-state index >= 15 is 0 Å². The van der Waals surface area contributed by atoms with Crippen LogP contribution < -0.4 is 10.1 Å². The number of rotatable bonds is 5. The van der Waals surface area contributed by atoms with Gasteiger partial charge in [-0.1, -0.05) is 13.0 Å². The molecular weight excluding hydrogens is 232 g/mol. The van der Waals surface area contributed by atoms with E-state index in [-0.39, 0.29) is 16.7 Å². The van der Waals surface area contributed by atoms with Gasteiger partial charge in [0.25, 0.3) is 0 Å². The number of hydrogen-bond donors (Lipinski definition) is 1. The van der Waals surface area contributed by atoms with Gasteiger partial charge < -0.3 is 10.1 Å². The van der Waals surface area contributed by atoms with Crippen molar-refractivity contribution in [3.05, 3.63) is 28.3 Å². The molecule has 2 unspecified atom stereocenters. The van der Waals surface area contributed by atoms with Crippen molar-refractivity contribution in [3.63, 3.8) is 0 Å². The molecular formula is C13H18N2O3. The van der Waals surface area contributed by atoms with Crippen LogP contribution in [-0.4, -0.2) is 17.1 Å². The van der Waals surface area contributed by atoms with Crippen molar-refractivity contribution in [3.8, 4) is 5.75 Å². The predicted molar refractivity (Wildman–Crippen MR) is 70.1 cm³/mol. The van der Waals surface area contributed by atoms with E-state index in [4.69, 9.17) is 4.74 Å². The van der Waals surface area contributed by atoms with Gasteiger partial charge in [-0.3, -0.25) is 10.1 Å². The molecule has 0 heterocycles. The van der Waals surface area contributed by atoms with Crippen LogP contribution in [0.1, 0.15) is 27.2 Å². The van der Waals surface area contributed by atoms with Gasteiger partial charge >= 0.3 is 5.69 Å². The van der Waals surface area contributed by atoms with Crippen LogP contribution in [0.3, 0.4) is 0 Å². The van der Waals surface area contributed by atoms with E-state index in [0.717, 1.165) is 6.42 Å². The average molecular weight is 250 g/mol. The van der Waals surface area contributed by atoms with E-state index in [9.17, 15) is 10.1 Å². The van der Waals surface area contributed by atoms with Gasteiger partial charge in [0.05, 0.1) is 11.0 Å². The Hall–Kier alpha value is -1.78. The molecule has 0 spiro atoms. The second kappa shape index (κ2) is 4.84. The monoisotopic (exact) mass is 250 g/mol. The Kier molecular flexibility index (Phi) is 3.41. The lowest BCUT2D eigenvalue weighted by atomic mass is 10.2. The van der Waals surface area contributed by atoms with E-state index < -0.39 is 0 Å². The number of benzene rings is 1. The maximum atomic E-state index is 11.2. The third kappa shape index (κ3) is 2.72. The number of hydrogen-bond acceptors (Lipinski definition) is 4. The minimum atomic E-state index is -0.382. The first-order valence-corrected chi connectivity index (χ1v) is 6.19. The highest BCUT2D eigenvalue weighted by molar-refractivity contribution is 5.69. The van der Waals surface area contributed by atoms with Crippen LogP contribution in [0.4, 0.5) is 11.4 Å². The van der Waals surface area contributed by atoms with E-state index in [1.54, 1.807) is 18.2 Å². The summed E-state index contributed by atoms with van der Waals surface area (Å²) in [5, 5.41) is 14.4. The number of nitrogens with one attached hydrogen (secondary N) is 1. The summed E-state index contributed by atoms with van der Waals surface area (Å²) in [7, 11) is 0. The molecule has 0 aromatic heterocycles. The van der Waals surface area contributed by atoms with Gasteiger partial charge in [-0.05, 0) is 38.3 Å². The van der Waals surface area contributed by atoms with Crippen molar-refractivity contribution < 1.29 is 9.66 Å². The molecule has 1 aliphatic carbocycles. The summed E-state index contributed by atoms with van der Waals surface area (Å²) in [5.41, 5.74) is 0.581. The molecule has 1 fully saturated rings. The molecule has 0 saturated heterocycles. The zero-order valence-electron chi connectivity index (χ0n) is 10.8. The van der Waals surface area contributed by atoms with E-state index in [1.807, 2.05) is 13.8 Å². The normalized spacial score (nSPS) is 21.8. The maximum Gasteiger partial charge on any atom is 0.333 e. The molecule has 1 aliphatic rings. The number of anilines is 1. The lowest BCUT2D eigenvalue weighted by Gasteiger charge is -2.13. The molecule has 1 N–H and O–H groups in total. The molecule has 5 heteroatoms. The minimum absolute atomic E-state index is 0.0327. The van der Waals surface area contributed by atoms with Gasteiger partial charge in [-0.2, -0.15) is 0 Å². The summed E-state index contributed by atoms with van der Waals surface area (Å²) >= 11 is 0. The van der Waals surface area contributed by atoms with Gasteiger partial charge in [0.1, 0.15) is 5.69 Å². The number of ether oxygens (including phenoxy) is 1. The average Bonchev–Trinajstić information content (AvgIpc) is 2.93. The number of para-hydroxylation sites is 1. The molecule has 5 nitrogen and oxygen atoms in total. The van der Waals surface area contributed by atoms with E-state index in [0.29, 0.717) is 23.4 Å². The summed E-state index contributed by atoms with van der Waals surface area (Å²) in [4.78, 5) is 10.8. The van der Waals surface area contributed by atoms with Crippen molar-refractivity contribution in [1.82, 2.24) is 0 Å². The topological polar surface area (TPSA) is 64.4 Å². The summed E-state index contributed by atoms with van der Waals surface area (Å²) in [5.74, 6) is 0.910. The lowest BCUT2D eigenvalue weighted by Crippen LogP contribution is -2.10. The predicted octanol–water partition coefficient (Wildman–Crippen LogP) is 3.20. The van der Waals surface area contributed by atoms with Crippen LogP contribution in [0.2, 0.25) is 0 Å². The first-order chi connectivity index (χ1) is 8.49. The number of nitrogens with zero attached hydrogens (tertiary/aromatic N) is 1. The molecule has 18 heavy (non-hydrogen) atoms. The molecule has 2 rings (SSSR count). The van der Waals surface area contributed by atoms with Gasteiger partial charge in [-0.15, -0.1) is 0 Å². The van der Waals surface area contributed by atoms with Crippen molar-refractivity contribution >= 4 is 11.4 Å². The fourth-order valence-corrected chi connectivity index (χ4v) is 1.90. The highest BCUT2D eigenvalue weighted by atomic mass is 16.6. The minimum Gasteiger partial charge on any atom is -0.484 e. The third-order valence-electron chi connectivity index (χ3n) is 2.99. The molecule has 0 amide bonds. The van der Waals surface area contributed by atoms with Crippen molar-refractivity contribution in [2.75, 3.05) is 5.32 Å². The van der Waals surface area contributed by atoms with Crippen LogP contribution in [0.15, 0.2) is 18.2 Å². The summed E-state index contributed by atoms with van der Waals surface area (Å²) < 4.78 is 5.49. The Morgan fingerprint density at radius 2 is 2.17 bits per heavy atom. The fraction of sp³-hybridized carbons (Fsp3) is 0.538. The summed E-state index contributed by atoms with van der Waals surface area (Å²) in [6.45, 7) is 5.83. The standard InChI is InChI=1S/C13H18N2O3/c1-8(2)18-12-6-4-5-10(13(12)15(16)17)14-11-7-9(11)3/h4-6,8-9,11,14H,7H2,1-3H3. The van der Waals surface area contributed by atoms with Gasteiger partial charge in [0, 0.05) is 6.04 Å². The smallest absolute Gasteiger partial charge is 0.333 e. The molecule has 0 aliphatic heterocycles. The lowest BCUT2D eigenvalue weighted by molar-refractivity contribution is -0.385. The van der Waals surface area contributed by atoms with Gasteiger partial charge in [-0.25, -0.2) is 0 Å². The third-order valence-corrected chi connectivity index (χ3v) is 2.99. The van der Waals surface area contributed by atoms with Crippen LogP contribution in [0.25, 0.3) is 0 Å². The number of nitro groups is 1. The molecule has 1 aromatic carbocycles. The SMILES string of the molecule is CC(C)Oc1cccc(NC2CC2C)c1[N+](=O)[O-]. The van der Waals surface area contributed by atoms with Crippen LogP contribution in [-0.2, 0) is 0 Å².